The Kier molecular flexibility index (Phi) is 2.43. The van der Waals surface area contributed by atoms with E-state index in [2.05, 4.69) is 4.72 Å². The number of sulfonamides is 1. The number of carbonyl (C=O) groups excluding carboxylic acids is 1. The summed E-state index contributed by atoms with van der Waals surface area (Å²) < 4.78 is 25.8. The lowest BCUT2D eigenvalue weighted by Crippen LogP contribution is -2.29. The van der Waals surface area contributed by atoms with E-state index >= 15 is 0 Å². The summed E-state index contributed by atoms with van der Waals surface area (Å²) in [7, 11) is -3.56. The van der Waals surface area contributed by atoms with Gasteiger partial charge in [0.15, 0.2) is 0 Å². The van der Waals surface area contributed by atoms with Crippen molar-refractivity contribution < 1.29 is 13.2 Å². The van der Waals surface area contributed by atoms with Gasteiger partial charge in [-0.05, 0) is 17.7 Å². The molecule has 0 aliphatic carbocycles. The third kappa shape index (κ3) is 1.92. The number of nitrogens with two attached hydrogens (primary N) is 1. The van der Waals surface area contributed by atoms with E-state index in [1.54, 1.807) is 24.3 Å². The number of rotatable bonds is 2. The van der Waals surface area contributed by atoms with Crippen LogP contribution < -0.4 is 10.5 Å². The molecule has 16 heavy (non-hydrogen) atoms. The van der Waals surface area contributed by atoms with Crippen molar-refractivity contribution in [2.45, 2.75) is 11.3 Å². The van der Waals surface area contributed by atoms with Crippen LogP contribution in [0.3, 0.4) is 0 Å². The normalized spacial score (nSPS) is 16.9. The van der Waals surface area contributed by atoms with E-state index in [0.717, 1.165) is 0 Å². The molecule has 0 unspecified atom stereocenters. The zero-order chi connectivity index (χ0) is 11.8. The smallest absolute Gasteiger partial charge is 0.262 e. The highest BCUT2D eigenvalue weighted by Gasteiger charge is 2.23. The van der Waals surface area contributed by atoms with Crippen molar-refractivity contribution in [1.29, 1.82) is 0 Å². The molecule has 0 atom stereocenters. The monoisotopic (exact) mass is 238 g/mol. The minimum absolute atomic E-state index is 0.117. The van der Waals surface area contributed by atoms with Gasteiger partial charge in [0.05, 0.1) is 11.3 Å². The van der Waals surface area contributed by atoms with Gasteiger partial charge in [0.25, 0.3) is 10.0 Å². The Balaban J connectivity index is 2.52. The van der Waals surface area contributed by atoms with Crippen LogP contribution in [0.2, 0.25) is 0 Å². The highest BCUT2D eigenvalue weighted by atomic mass is 32.2. The van der Waals surface area contributed by atoms with Gasteiger partial charge >= 0.3 is 0 Å². The molecule has 0 aromatic heterocycles. The van der Waals surface area contributed by atoms with Crippen molar-refractivity contribution in [3.63, 3.8) is 0 Å². The first-order chi connectivity index (χ1) is 7.49. The largest absolute Gasteiger partial charge is 0.369 e. The van der Waals surface area contributed by atoms with Gasteiger partial charge in [-0.15, -0.1) is 0 Å². The number of benzene rings is 1. The van der Waals surface area contributed by atoms with Crippen molar-refractivity contribution in [2.24, 2.45) is 5.73 Å². The van der Waals surface area contributed by atoms with Crippen molar-refractivity contribution in [2.75, 3.05) is 0 Å². The predicted octanol–water partition coefficient (Wildman–Crippen LogP) is 0.195. The summed E-state index contributed by atoms with van der Waals surface area (Å²) in [5.74, 6) is -0.576. The highest BCUT2D eigenvalue weighted by molar-refractivity contribution is 7.89. The Labute approximate surface area is 93.0 Å². The Hall–Kier alpha value is -1.82. The standard InChI is InChI=1S/C10H10N2O3S/c11-10(13)6-8-5-7-3-1-2-4-9(7)16(14,15)12-8/h1-5,12H,6H2,(H2,11,13). The summed E-state index contributed by atoms with van der Waals surface area (Å²) >= 11 is 0. The molecule has 0 fully saturated rings. The molecule has 1 heterocycles. The minimum atomic E-state index is -3.56. The molecule has 1 aromatic rings. The first-order valence-corrected chi connectivity index (χ1v) is 6.08. The predicted molar refractivity (Wildman–Crippen MR) is 58.6 cm³/mol. The second-order valence-electron chi connectivity index (χ2n) is 3.46. The lowest BCUT2D eigenvalue weighted by molar-refractivity contribution is -0.117. The van der Waals surface area contributed by atoms with E-state index < -0.39 is 15.9 Å². The molecule has 0 radical (unpaired) electrons. The summed E-state index contributed by atoms with van der Waals surface area (Å²) in [6.45, 7) is 0. The summed E-state index contributed by atoms with van der Waals surface area (Å²) in [4.78, 5) is 10.9. The number of amides is 1. The second kappa shape index (κ2) is 3.64. The molecule has 84 valence electrons. The number of hydrogen-bond acceptors (Lipinski definition) is 3. The first kappa shape index (κ1) is 10.7. The van der Waals surface area contributed by atoms with Gasteiger partial charge < -0.3 is 5.73 Å². The Bertz CT molecular complexity index is 575. The Morgan fingerprint density at radius 3 is 2.69 bits per heavy atom. The molecule has 6 heteroatoms. The third-order valence-electron chi connectivity index (χ3n) is 2.17. The molecule has 1 aliphatic heterocycles. The van der Waals surface area contributed by atoms with Crippen LogP contribution in [-0.4, -0.2) is 14.3 Å². The molecule has 2 rings (SSSR count). The van der Waals surface area contributed by atoms with Gasteiger partial charge in [-0.2, -0.15) is 0 Å². The quantitative estimate of drug-likeness (QED) is 0.771. The van der Waals surface area contributed by atoms with Gasteiger partial charge in [-0.25, -0.2) is 8.42 Å². The van der Waals surface area contributed by atoms with Gasteiger partial charge in [-0.1, -0.05) is 18.2 Å². The third-order valence-corrected chi connectivity index (χ3v) is 3.65. The minimum Gasteiger partial charge on any atom is -0.369 e. The van der Waals surface area contributed by atoms with E-state index in [1.807, 2.05) is 0 Å². The molecule has 3 N–H and O–H groups in total. The maximum atomic E-state index is 11.8. The lowest BCUT2D eigenvalue weighted by Gasteiger charge is -2.17. The zero-order valence-corrected chi connectivity index (χ0v) is 9.12. The number of nitrogens with one attached hydrogen (secondary N) is 1. The molecular weight excluding hydrogens is 228 g/mol. The molecule has 1 aromatic carbocycles. The topological polar surface area (TPSA) is 89.3 Å². The van der Waals surface area contributed by atoms with Gasteiger partial charge in [0, 0.05) is 5.70 Å². The van der Waals surface area contributed by atoms with Crippen LogP contribution in [-0.2, 0) is 14.8 Å². The molecule has 0 saturated carbocycles. The van der Waals surface area contributed by atoms with Crippen LogP contribution in [0.25, 0.3) is 6.08 Å². The Morgan fingerprint density at radius 1 is 1.31 bits per heavy atom. The fraction of sp³-hybridized carbons (Fsp3) is 0.100. The molecule has 0 spiro atoms. The molecule has 1 amide bonds. The van der Waals surface area contributed by atoms with Crippen LogP contribution in [0, 0.1) is 0 Å². The van der Waals surface area contributed by atoms with Crippen molar-refractivity contribution in [3.05, 3.63) is 35.5 Å². The van der Waals surface area contributed by atoms with E-state index in [9.17, 15) is 13.2 Å². The van der Waals surface area contributed by atoms with Gasteiger partial charge in [0.2, 0.25) is 5.91 Å². The van der Waals surface area contributed by atoms with Crippen LogP contribution in [0.1, 0.15) is 12.0 Å². The number of hydrogen-bond donors (Lipinski definition) is 2. The van der Waals surface area contributed by atoms with Gasteiger partial charge in [-0.3, -0.25) is 9.52 Å². The fourth-order valence-electron chi connectivity index (χ4n) is 1.56. The summed E-state index contributed by atoms with van der Waals surface area (Å²) in [6, 6.07) is 6.56. The van der Waals surface area contributed by atoms with E-state index in [4.69, 9.17) is 5.73 Å². The summed E-state index contributed by atoms with van der Waals surface area (Å²) in [5.41, 5.74) is 5.88. The van der Waals surface area contributed by atoms with E-state index in [0.29, 0.717) is 11.3 Å². The number of fused-ring (bicyclic) bond motifs is 1. The molecule has 0 saturated heterocycles. The molecule has 1 aliphatic rings. The van der Waals surface area contributed by atoms with Crippen LogP contribution in [0.5, 0.6) is 0 Å². The molecular formula is C10H10N2O3S. The van der Waals surface area contributed by atoms with E-state index in [1.165, 1.54) is 6.07 Å². The van der Waals surface area contributed by atoms with Crippen molar-refractivity contribution in [3.8, 4) is 0 Å². The molecule has 0 bridgehead atoms. The fourth-order valence-corrected chi connectivity index (χ4v) is 2.85. The average Bonchev–Trinajstić information content (AvgIpc) is 2.15. The lowest BCUT2D eigenvalue weighted by atomic mass is 10.1. The summed E-state index contributed by atoms with van der Waals surface area (Å²) in [5, 5.41) is 0. The maximum Gasteiger partial charge on any atom is 0.262 e. The zero-order valence-electron chi connectivity index (χ0n) is 8.30. The van der Waals surface area contributed by atoms with Crippen molar-refractivity contribution >= 4 is 22.0 Å². The second-order valence-corrected chi connectivity index (χ2v) is 5.11. The van der Waals surface area contributed by atoms with Gasteiger partial charge in [0.1, 0.15) is 0 Å². The first-order valence-electron chi connectivity index (χ1n) is 4.60. The van der Waals surface area contributed by atoms with E-state index in [-0.39, 0.29) is 11.3 Å². The average molecular weight is 238 g/mol. The van der Waals surface area contributed by atoms with Crippen LogP contribution in [0.4, 0.5) is 0 Å². The van der Waals surface area contributed by atoms with Crippen molar-refractivity contribution in [1.82, 2.24) is 4.72 Å². The van der Waals surface area contributed by atoms with Crippen LogP contribution in [0.15, 0.2) is 34.9 Å². The Morgan fingerprint density at radius 2 is 2.00 bits per heavy atom. The number of carbonyl (C=O) groups is 1. The SMILES string of the molecule is NC(=O)CC1=Cc2ccccc2S(=O)(=O)N1. The van der Waals surface area contributed by atoms with Crippen LogP contribution >= 0.6 is 0 Å². The summed E-state index contributed by atoms with van der Waals surface area (Å²) in [6.07, 6.45) is 1.49. The number of primary amides is 1. The molecule has 5 nitrogen and oxygen atoms in total. The maximum absolute atomic E-state index is 11.8. The highest BCUT2D eigenvalue weighted by Crippen LogP contribution is 2.24.